The molecule has 43 heavy (non-hydrogen) atoms. The van der Waals surface area contributed by atoms with Gasteiger partial charge in [-0.15, -0.1) is 0 Å². The van der Waals surface area contributed by atoms with Crippen molar-refractivity contribution >= 4 is 0 Å². The SMILES string of the molecule is C1CCC2C3NC(NC4NC(NC5NC(NC6NC(N3)C3CCCCC63)C3CCCCC53)C3CCCCC43)C2C1.[Cu].[Cu].[Cu]. The number of hydrogen-bond donors (Lipinski definition) is 8. The van der Waals surface area contributed by atoms with E-state index in [1.807, 2.05) is 0 Å². The van der Waals surface area contributed by atoms with Crippen molar-refractivity contribution in [3.63, 3.8) is 0 Å². The van der Waals surface area contributed by atoms with Crippen LogP contribution in [0.25, 0.3) is 0 Å². The van der Waals surface area contributed by atoms with Crippen molar-refractivity contribution in [1.29, 1.82) is 0 Å². The summed E-state index contributed by atoms with van der Waals surface area (Å²) in [7, 11) is 0. The maximum atomic E-state index is 4.26. The van der Waals surface area contributed by atoms with Crippen molar-refractivity contribution in [1.82, 2.24) is 42.5 Å². The Morgan fingerprint density at radius 1 is 0.209 bits per heavy atom. The summed E-state index contributed by atoms with van der Waals surface area (Å²) in [5, 5.41) is 33.8. The zero-order valence-electron chi connectivity index (χ0n) is 25.5. The van der Waals surface area contributed by atoms with Gasteiger partial charge in [0.15, 0.2) is 0 Å². The summed E-state index contributed by atoms with van der Waals surface area (Å²) in [6.45, 7) is 0. The normalized spacial score (nSPS) is 53.6. The van der Waals surface area contributed by atoms with Crippen LogP contribution < -0.4 is 42.5 Å². The van der Waals surface area contributed by atoms with Crippen molar-refractivity contribution in [2.45, 2.75) is 152 Å². The minimum Gasteiger partial charge on any atom is -0.286 e. The molecule has 11 heteroatoms. The Balaban J connectivity index is 0.00000110. The Morgan fingerprint density at radius 3 is 0.442 bits per heavy atom. The molecule has 5 aliphatic heterocycles. The topological polar surface area (TPSA) is 96.2 Å². The molecule has 0 aromatic rings. The van der Waals surface area contributed by atoms with Crippen molar-refractivity contribution in [3.8, 4) is 0 Å². The van der Waals surface area contributed by atoms with Gasteiger partial charge in [-0.3, -0.25) is 42.5 Å². The minimum absolute atomic E-state index is 0. The number of fused-ring (bicyclic) bond motifs is 20. The standard InChI is InChI=1S/C32H56N8.3Cu/c1-2-10-18-17(9-1)25-33-26(18)38-28-21-13-5-6-14-22(21)30(35-28)40-32-24-16-8-7-15-23(24)31(36-32)39-29-20-12-4-3-11-19(20)27(34-29)37-25;;;/h17-40H,1-16H2;;;. The first-order valence-electron chi connectivity index (χ1n) is 17.9. The van der Waals surface area contributed by atoms with Crippen LogP contribution >= 0.6 is 0 Å². The Kier molecular flexibility index (Phi) is 11.4. The Bertz CT molecular complexity index is 725. The van der Waals surface area contributed by atoms with Gasteiger partial charge in [-0.25, -0.2) is 0 Å². The van der Waals surface area contributed by atoms with Gasteiger partial charge >= 0.3 is 0 Å². The van der Waals surface area contributed by atoms with E-state index in [4.69, 9.17) is 0 Å². The van der Waals surface area contributed by atoms with Crippen LogP contribution in [0.3, 0.4) is 0 Å². The molecular weight excluding hydrogens is 687 g/mol. The molecule has 257 valence electrons. The Hall–Kier alpha value is 1.24. The van der Waals surface area contributed by atoms with E-state index in [0.717, 1.165) is 47.3 Å². The molecule has 8 nitrogen and oxygen atoms in total. The predicted molar refractivity (Wildman–Crippen MR) is 157 cm³/mol. The van der Waals surface area contributed by atoms with Crippen molar-refractivity contribution in [2.75, 3.05) is 0 Å². The van der Waals surface area contributed by atoms with Gasteiger partial charge in [-0.2, -0.15) is 0 Å². The third-order valence-corrected chi connectivity index (χ3v) is 13.8. The summed E-state index contributed by atoms with van der Waals surface area (Å²) < 4.78 is 0. The number of nitrogens with one attached hydrogen (secondary N) is 8. The molecule has 8 bridgehead atoms. The summed E-state index contributed by atoms with van der Waals surface area (Å²) in [6, 6.07) is 0. The quantitative estimate of drug-likeness (QED) is 0.180. The van der Waals surface area contributed by atoms with E-state index in [1.165, 1.54) is 103 Å². The molecule has 8 unspecified atom stereocenters. The molecule has 0 aromatic carbocycles. The van der Waals surface area contributed by atoms with Gasteiger partial charge in [0.2, 0.25) is 0 Å². The van der Waals surface area contributed by atoms with Gasteiger partial charge < -0.3 is 0 Å². The zero-order chi connectivity index (χ0) is 26.2. The molecule has 9 aliphatic rings. The fraction of sp³-hybridized carbons (Fsp3) is 1.00. The van der Waals surface area contributed by atoms with Crippen molar-refractivity contribution in [3.05, 3.63) is 0 Å². The molecule has 3 radical (unpaired) electrons. The van der Waals surface area contributed by atoms with E-state index in [9.17, 15) is 0 Å². The van der Waals surface area contributed by atoms with Crippen LogP contribution in [-0.4, -0.2) is 49.3 Å². The average Bonchev–Trinajstić information content (AvgIpc) is 3.73. The van der Waals surface area contributed by atoms with Gasteiger partial charge in [0.25, 0.3) is 0 Å². The molecule has 5 heterocycles. The van der Waals surface area contributed by atoms with Gasteiger partial charge in [-0.1, -0.05) is 51.4 Å². The van der Waals surface area contributed by atoms with E-state index in [0.29, 0.717) is 49.3 Å². The molecule has 8 atom stereocenters. The molecule has 0 spiro atoms. The van der Waals surface area contributed by atoms with Gasteiger partial charge in [0.05, 0.1) is 49.3 Å². The van der Waals surface area contributed by atoms with E-state index >= 15 is 0 Å². The van der Waals surface area contributed by atoms with Crippen LogP contribution in [0.2, 0.25) is 0 Å². The molecule has 5 saturated heterocycles. The van der Waals surface area contributed by atoms with Gasteiger partial charge in [0.1, 0.15) is 0 Å². The second-order valence-corrected chi connectivity index (χ2v) is 15.6. The number of hydrogen-bond acceptors (Lipinski definition) is 8. The monoisotopic (exact) mass is 741 g/mol. The number of rotatable bonds is 0. The first-order valence-corrected chi connectivity index (χ1v) is 17.9. The fourth-order valence-electron chi connectivity index (χ4n) is 12.0. The largest absolute Gasteiger partial charge is 0.286 e. The Labute approximate surface area is 291 Å². The van der Waals surface area contributed by atoms with Gasteiger partial charge in [0, 0.05) is 51.2 Å². The molecule has 9 rings (SSSR count). The van der Waals surface area contributed by atoms with Crippen molar-refractivity contribution < 1.29 is 51.2 Å². The van der Waals surface area contributed by atoms with Crippen LogP contribution in [0.15, 0.2) is 0 Å². The second kappa shape index (κ2) is 14.4. The summed E-state index contributed by atoms with van der Waals surface area (Å²) in [5.74, 6) is 5.97. The molecule has 8 N–H and O–H groups in total. The maximum absolute atomic E-state index is 4.26. The van der Waals surface area contributed by atoms with Crippen LogP contribution in [0.4, 0.5) is 0 Å². The van der Waals surface area contributed by atoms with Crippen LogP contribution in [0.1, 0.15) is 103 Å². The van der Waals surface area contributed by atoms with Crippen molar-refractivity contribution in [2.24, 2.45) is 47.3 Å². The first-order chi connectivity index (χ1) is 19.8. The molecule has 4 aliphatic carbocycles. The van der Waals surface area contributed by atoms with Crippen LogP contribution in [0, 0.1) is 47.3 Å². The van der Waals surface area contributed by atoms with E-state index in [2.05, 4.69) is 42.5 Å². The average molecular weight is 743 g/mol. The summed E-state index contributed by atoms with van der Waals surface area (Å²) in [6.07, 6.45) is 25.6. The van der Waals surface area contributed by atoms with E-state index in [1.54, 1.807) is 0 Å². The first kappa shape index (κ1) is 34.1. The smallest absolute Gasteiger partial charge is 0.0628 e. The van der Waals surface area contributed by atoms with E-state index < -0.39 is 0 Å². The second-order valence-electron chi connectivity index (χ2n) is 15.6. The van der Waals surface area contributed by atoms with Gasteiger partial charge in [-0.05, 0) is 98.7 Å². The molecule has 4 saturated carbocycles. The van der Waals surface area contributed by atoms with Crippen LogP contribution in [0.5, 0.6) is 0 Å². The zero-order valence-corrected chi connectivity index (χ0v) is 28.3. The van der Waals surface area contributed by atoms with Crippen LogP contribution in [-0.2, 0) is 51.2 Å². The molecular formula is C32H56Cu3N8. The minimum atomic E-state index is 0. The fourth-order valence-corrected chi connectivity index (χ4v) is 12.0. The molecule has 0 amide bonds. The summed E-state index contributed by atoms with van der Waals surface area (Å²) in [4.78, 5) is 0. The summed E-state index contributed by atoms with van der Waals surface area (Å²) >= 11 is 0. The molecule has 9 fully saturated rings. The molecule has 0 aromatic heterocycles. The maximum Gasteiger partial charge on any atom is 0.0628 e. The van der Waals surface area contributed by atoms with E-state index in [-0.39, 0.29) is 51.2 Å². The summed E-state index contributed by atoms with van der Waals surface area (Å²) in [5.41, 5.74) is 0. The Morgan fingerprint density at radius 2 is 0.326 bits per heavy atom. The third kappa shape index (κ3) is 6.16. The predicted octanol–water partition coefficient (Wildman–Crippen LogP) is 2.60. The third-order valence-electron chi connectivity index (χ3n) is 13.8.